The van der Waals surface area contributed by atoms with E-state index >= 15 is 0 Å². The second kappa shape index (κ2) is 7.16. The molecule has 1 heterocycles. The number of Topliss-reactive ketones (excluding diaryl/α,β-unsaturated/α-hetero) is 1. The number of rotatable bonds is 5. The Morgan fingerprint density at radius 1 is 1.16 bits per heavy atom. The van der Waals surface area contributed by atoms with Gasteiger partial charge in [0.25, 0.3) is 0 Å². The SMILES string of the molecule is C=C(C(=O)c1cc(-c2cccs2)ccc1OC)c1ccc(C#N)cc1. The van der Waals surface area contributed by atoms with Gasteiger partial charge in [-0.15, -0.1) is 11.3 Å². The van der Waals surface area contributed by atoms with Crippen molar-refractivity contribution < 1.29 is 9.53 Å². The van der Waals surface area contributed by atoms with Crippen LogP contribution in [0.1, 0.15) is 21.5 Å². The summed E-state index contributed by atoms with van der Waals surface area (Å²) >= 11 is 1.61. The third-order valence-electron chi connectivity index (χ3n) is 3.89. The summed E-state index contributed by atoms with van der Waals surface area (Å²) in [5.41, 5.74) is 3.04. The lowest BCUT2D eigenvalue weighted by Crippen LogP contribution is -2.05. The van der Waals surface area contributed by atoms with Crippen LogP contribution in [0.3, 0.4) is 0 Å². The molecular weight excluding hydrogens is 330 g/mol. The Hall–Kier alpha value is -3.16. The van der Waals surface area contributed by atoms with E-state index in [4.69, 9.17) is 10.00 Å². The lowest BCUT2D eigenvalue weighted by atomic mass is 9.95. The van der Waals surface area contributed by atoms with Gasteiger partial charge in [-0.3, -0.25) is 4.79 Å². The van der Waals surface area contributed by atoms with Crippen LogP contribution in [0.25, 0.3) is 16.0 Å². The largest absolute Gasteiger partial charge is 0.496 e. The molecule has 0 aliphatic carbocycles. The molecule has 0 saturated carbocycles. The van der Waals surface area contributed by atoms with Crippen molar-refractivity contribution in [1.82, 2.24) is 0 Å². The van der Waals surface area contributed by atoms with Crippen molar-refractivity contribution >= 4 is 22.7 Å². The Balaban J connectivity index is 1.98. The number of ketones is 1. The number of nitrogens with zero attached hydrogens (tertiary/aromatic N) is 1. The zero-order valence-electron chi connectivity index (χ0n) is 13.7. The van der Waals surface area contributed by atoms with E-state index in [9.17, 15) is 4.79 Å². The van der Waals surface area contributed by atoms with E-state index in [1.165, 1.54) is 0 Å². The monoisotopic (exact) mass is 345 g/mol. The molecule has 4 heteroatoms. The van der Waals surface area contributed by atoms with Crippen molar-refractivity contribution in [1.29, 1.82) is 5.26 Å². The molecule has 122 valence electrons. The number of ether oxygens (including phenoxy) is 1. The van der Waals surface area contributed by atoms with E-state index in [2.05, 4.69) is 12.6 Å². The Labute approximate surface area is 150 Å². The van der Waals surface area contributed by atoms with Gasteiger partial charge >= 0.3 is 0 Å². The highest BCUT2D eigenvalue weighted by Gasteiger charge is 2.18. The minimum Gasteiger partial charge on any atom is -0.496 e. The van der Waals surface area contributed by atoms with Gasteiger partial charge in [0.05, 0.1) is 24.3 Å². The van der Waals surface area contributed by atoms with Crippen LogP contribution in [0.5, 0.6) is 5.75 Å². The molecule has 2 aromatic carbocycles. The van der Waals surface area contributed by atoms with Gasteiger partial charge < -0.3 is 4.74 Å². The number of nitriles is 1. The zero-order chi connectivity index (χ0) is 17.8. The molecule has 0 amide bonds. The highest BCUT2D eigenvalue weighted by Crippen LogP contribution is 2.32. The molecule has 3 aromatic rings. The fourth-order valence-electron chi connectivity index (χ4n) is 2.52. The van der Waals surface area contributed by atoms with Crippen LogP contribution in [-0.2, 0) is 0 Å². The average Bonchev–Trinajstić information content (AvgIpc) is 3.21. The molecular formula is C21H15NO2S. The van der Waals surface area contributed by atoms with Crippen LogP contribution < -0.4 is 4.74 Å². The highest BCUT2D eigenvalue weighted by molar-refractivity contribution is 7.13. The van der Waals surface area contributed by atoms with Gasteiger partial charge in [-0.1, -0.05) is 24.8 Å². The lowest BCUT2D eigenvalue weighted by Gasteiger charge is -2.11. The molecule has 0 atom stereocenters. The first-order chi connectivity index (χ1) is 12.1. The van der Waals surface area contributed by atoms with Crippen molar-refractivity contribution in [2.45, 2.75) is 0 Å². The van der Waals surface area contributed by atoms with Crippen molar-refractivity contribution in [2.75, 3.05) is 7.11 Å². The molecule has 0 spiro atoms. The maximum Gasteiger partial charge on any atom is 0.196 e. The standard InChI is InChI=1S/C21H15NO2S/c1-14(16-7-5-15(13-22)6-8-16)21(23)18-12-17(9-10-19(18)24-2)20-4-3-11-25-20/h3-12H,1H2,2H3. The Morgan fingerprint density at radius 2 is 1.92 bits per heavy atom. The van der Waals surface area contributed by atoms with Crippen LogP contribution in [0.2, 0.25) is 0 Å². The summed E-state index contributed by atoms with van der Waals surface area (Å²) in [7, 11) is 1.54. The van der Waals surface area contributed by atoms with Gasteiger partial charge in [-0.2, -0.15) is 5.26 Å². The van der Waals surface area contributed by atoms with E-state index in [0.717, 1.165) is 10.4 Å². The molecule has 0 bridgehead atoms. The van der Waals surface area contributed by atoms with Gasteiger partial charge in [0, 0.05) is 10.5 Å². The van der Waals surface area contributed by atoms with Crippen LogP contribution in [0, 0.1) is 11.3 Å². The molecule has 3 nitrogen and oxygen atoms in total. The van der Waals surface area contributed by atoms with Crippen molar-refractivity contribution in [3.05, 3.63) is 83.2 Å². The number of hydrogen-bond acceptors (Lipinski definition) is 4. The van der Waals surface area contributed by atoms with Gasteiger partial charge in [0.15, 0.2) is 5.78 Å². The van der Waals surface area contributed by atoms with Crippen molar-refractivity contribution in [3.8, 4) is 22.3 Å². The number of carbonyl (C=O) groups excluding carboxylic acids is 1. The molecule has 1 aromatic heterocycles. The Kier molecular flexibility index (Phi) is 4.78. The van der Waals surface area contributed by atoms with Gasteiger partial charge in [0.1, 0.15) is 5.75 Å². The summed E-state index contributed by atoms with van der Waals surface area (Å²) in [5, 5.41) is 10.9. The van der Waals surface area contributed by atoms with Crippen LogP contribution in [-0.4, -0.2) is 12.9 Å². The number of carbonyl (C=O) groups is 1. The molecule has 0 N–H and O–H groups in total. The number of benzene rings is 2. The smallest absolute Gasteiger partial charge is 0.196 e. The quantitative estimate of drug-likeness (QED) is 0.472. The second-order valence-electron chi connectivity index (χ2n) is 5.39. The first kappa shape index (κ1) is 16.7. The maximum atomic E-state index is 13.0. The van der Waals surface area contributed by atoms with E-state index < -0.39 is 0 Å². The van der Waals surface area contributed by atoms with E-state index in [-0.39, 0.29) is 5.78 Å². The Morgan fingerprint density at radius 3 is 2.52 bits per heavy atom. The minimum atomic E-state index is -0.194. The molecule has 0 aliphatic heterocycles. The van der Waals surface area contributed by atoms with Crippen molar-refractivity contribution in [3.63, 3.8) is 0 Å². The summed E-state index contributed by atoms with van der Waals surface area (Å²) in [6.07, 6.45) is 0. The predicted octanol–water partition coefficient (Wildman–Crippen LogP) is 5.19. The highest BCUT2D eigenvalue weighted by atomic mass is 32.1. The minimum absolute atomic E-state index is 0.194. The van der Waals surface area contributed by atoms with Crippen LogP contribution in [0.4, 0.5) is 0 Å². The summed E-state index contributed by atoms with van der Waals surface area (Å²) in [5.74, 6) is 0.320. The molecule has 0 saturated heterocycles. The van der Waals surface area contributed by atoms with E-state index in [1.54, 1.807) is 48.8 Å². The fraction of sp³-hybridized carbons (Fsp3) is 0.0476. The number of methoxy groups -OCH3 is 1. The summed E-state index contributed by atoms with van der Waals surface area (Å²) < 4.78 is 5.36. The predicted molar refractivity (Wildman–Crippen MR) is 101 cm³/mol. The maximum absolute atomic E-state index is 13.0. The normalized spacial score (nSPS) is 10.1. The third kappa shape index (κ3) is 3.37. The number of thiophene rings is 1. The molecule has 0 aliphatic rings. The lowest BCUT2D eigenvalue weighted by molar-refractivity contribution is 0.105. The number of hydrogen-bond donors (Lipinski definition) is 0. The summed E-state index contributed by atoms with van der Waals surface area (Å²) in [6, 6.07) is 18.4. The van der Waals surface area contributed by atoms with E-state index in [1.807, 2.05) is 29.6 Å². The molecule has 0 radical (unpaired) electrons. The first-order valence-electron chi connectivity index (χ1n) is 7.60. The number of allylic oxidation sites excluding steroid dienone is 1. The topological polar surface area (TPSA) is 50.1 Å². The summed E-state index contributed by atoms with van der Waals surface area (Å²) in [4.78, 5) is 14.0. The van der Waals surface area contributed by atoms with Gasteiger partial charge in [-0.05, 0) is 52.9 Å². The van der Waals surface area contributed by atoms with Gasteiger partial charge in [-0.25, -0.2) is 0 Å². The molecule has 0 fully saturated rings. The molecule has 0 unspecified atom stereocenters. The first-order valence-corrected chi connectivity index (χ1v) is 8.48. The third-order valence-corrected chi connectivity index (χ3v) is 4.81. The zero-order valence-corrected chi connectivity index (χ0v) is 14.5. The summed E-state index contributed by atoms with van der Waals surface area (Å²) in [6.45, 7) is 3.94. The second-order valence-corrected chi connectivity index (χ2v) is 6.34. The Bertz CT molecular complexity index is 964. The average molecular weight is 345 g/mol. The van der Waals surface area contributed by atoms with Crippen molar-refractivity contribution in [2.24, 2.45) is 0 Å². The van der Waals surface area contributed by atoms with Gasteiger partial charge in [0.2, 0.25) is 0 Å². The van der Waals surface area contributed by atoms with Crippen LogP contribution in [0.15, 0.2) is 66.6 Å². The van der Waals surface area contributed by atoms with Crippen LogP contribution >= 0.6 is 11.3 Å². The molecule has 3 rings (SSSR count). The molecule has 25 heavy (non-hydrogen) atoms. The fourth-order valence-corrected chi connectivity index (χ4v) is 3.25. The van der Waals surface area contributed by atoms with E-state index in [0.29, 0.717) is 28.0 Å².